The van der Waals surface area contributed by atoms with E-state index < -0.39 is 20.0 Å². The number of phosphoric ester groups is 1. The van der Waals surface area contributed by atoms with Gasteiger partial charge in [0.05, 0.1) is 33.8 Å². The van der Waals surface area contributed by atoms with Crippen molar-refractivity contribution in [2.75, 3.05) is 40.9 Å². The fraction of sp³-hybridized carbons (Fsp3) is 0.695. The number of carbonyl (C=O) groups is 2. The van der Waals surface area contributed by atoms with Gasteiger partial charge < -0.3 is 19.4 Å². The fourth-order valence-electron chi connectivity index (χ4n) is 7.24. The molecule has 2 N–H and O–H groups in total. The summed E-state index contributed by atoms with van der Waals surface area (Å²) in [6.45, 7) is 6.79. The summed E-state index contributed by atoms with van der Waals surface area (Å²) in [7, 11) is 1.44. The number of quaternary nitrogens is 1. The highest BCUT2D eigenvalue weighted by molar-refractivity contribution is 7.47. The van der Waals surface area contributed by atoms with E-state index in [-0.39, 0.29) is 31.5 Å². The summed E-state index contributed by atoms with van der Waals surface area (Å²) < 4.78 is 30.5. The smallest absolute Gasteiger partial charge is 0.456 e. The molecule has 0 aromatic rings. The van der Waals surface area contributed by atoms with E-state index in [1.807, 2.05) is 33.3 Å². The number of nitrogens with zero attached hydrogens (tertiary/aromatic N) is 1. The van der Waals surface area contributed by atoms with Gasteiger partial charge in [-0.15, -0.1) is 0 Å². The molecule has 396 valence electrons. The van der Waals surface area contributed by atoms with Crippen LogP contribution < -0.4 is 5.32 Å². The van der Waals surface area contributed by atoms with Crippen LogP contribution in [0.15, 0.2) is 97.2 Å². The molecule has 0 fully saturated rings. The van der Waals surface area contributed by atoms with Gasteiger partial charge in [-0.25, -0.2) is 4.57 Å². The van der Waals surface area contributed by atoms with Crippen LogP contribution in [0.4, 0.5) is 0 Å². The lowest BCUT2D eigenvalue weighted by Gasteiger charge is -2.27. The number of carbonyl (C=O) groups excluding carboxylic acids is 2. The highest BCUT2D eigenvalue weighted by Gasteiger charge is 2.30. The number of esters is 1. The zero-order valence-corrected chi connectivity index (χ0v) is 45.9. The zero-order chi connectivity index (χ0) is 50.8. The molecule has 0 heterocycles. The topological polar surface area (TPSA) is 111 Å². The van der Waals surface area contributed by atoms with Crippen LogP contribution in [0, 0.1) is 0 Å². The monoisotopic (exact) mass is 984 g/mol. The van der Waals surface area contributed by atoms with Crippen LogP contribution in [0.1, 0.15) is 213 Å². The fourth-order valence-corrected chi connectivity index (χ4v) is 7.97. The molecule has 3 unspecified atom stereocenters. The molecule has 0 spiro atoms. The lowest BCUT2D eigenvalue weighted by Crippen LogP contribution is -2.47. The molecular formula is C59H104N2O7P+. The summed E-state index contributed by atoms with van der Waals surface area (Å²) in [5.41, 5.74) is 0. The Morgan fingerprint density at radius 2 is 0.942 bits per heavy atom. The number of unbranched alkanes of at least 4 members (excludes halogenated alkanes) is 18. The zero-order valence-electron chi connectivity index (χ0n) is 45.0. The molecule has 0 aliphatic heterocycles. The van der Waals surface area contributed by atoms with E-state index in [1.165, 1.54) is 77.0 Å². The van der Waals surface area contributed by atoms with Gasteiger partial charge in [-0.1, -0.05) is 195 Å². The Kier molecular flexibility index (Phi) is 46.4. The Bertz CT molecular complexity index is 1510. The lowest BCUT2D eigenvalue weighted by atomic mass is 10.1. The van der Waals surface area contributed by atoms with Crippen molar-refractivity contribution in [3.8, 4) is 0 Å². The number of nitrogens with one attached hydrogen (secondary N) is 1. The SMILES string of the molecule is CC/C=C/C/C=C/C/C=C/CCCCCCC(=O)NC(COP(=O)(O)OCC[N+](C)(C)C)C(/C=C/CCCCCCCCCCCC)OC(=O)CCC/C=C\C/C=C\C/C=C\C/C=C\CCCCC. The highest BCUT2D eigenvalue weighted by Crippen LogP contribution is 2.43. The molecule has 0 rings (SSSR count). The van der Waals surface area contributed by atoms with Crippen molar-refractivity contribution in [2.24, 2.45) is 0 Å². The van der Waals surface area contributed by atoms with Crippen LogP contribution in [0.3, 0.4) is 0 Å². The molecule has 10 heteroatoms. The molecule has 69 heavy (non-hydrogen) atoms. The third-order valence-electron chi connectivity index (χ3n) is 11.5. The third-order valence-corrected chi connectivity index (χ3v) is 12.5. The first kappa shape index (κ1) is 65.9. The van der Waals surface area contributed by atoms with Crippen LogP contribution in [0.2, 0.25) is 0 Å². The number of rotatable bonds is 48. The molecule has 0 saturated heterocycles. The maximum absolute atomic E-state index is 13.5. The summed E-state index contributed by atoms with van der Waals surface area (Å²) in [5.74, 6) is -0.605. The first-order chi connectivity index (χ1) is 33.4. The minimum atomic E-state index is -4.46. The predicted octanol–water partition coefficient (Wildman–Crippen LogP) is 16.4. The van der Waals surface area contributed by atoms with Crippen molar-refractivity contribution in [3.63, 3.8) is 0 Å². The van der Waals surface area contributed by atoms with E-state index in [0.29, 0.717) is 30.3 Å². The molecule has 0 saturated carbocycles. The van der Waals surface area contributed by atoms with Gasteiger partial charge in [0, 0.05) is 12.8 Å². The molecule has 0 aliphatic carbocycles. The summed E-state index contributed by atoms with van der Waals surface area (Å²) in [6, 6.07) is -0.886. The molecular weight excluding hydrogens is 880 g/mol. The molecule has 0 aromatic heterocycles. The summed E-state index contributed by atoms with van der Waals surface area (Å²) in [4.78, 5) is 37.5. The van der Waals surface area contributed by atoms with Crippen molar-refractivity contribution in [3.05, 3.63) is 97.2 Å². The maximum Gasteiger partial charge on any atom is 0.472 e. The van der Waals surface area contributed by atoms with Crippen LogP contribution in [-0.4, -0.2) is 74.3 Å². The average Bonchev–Trinajstić information content (AvgIpc) is 3.31. The van der Waals surface area contributed by atoms with Gasteiger partial charge in [-0.2, -0.15) is 0 Å². The summed E-state index contributed by atoms with van der Waals surface area (Å²) in [6.07, 6.45) is 64.1. The standard InChI is InChI=1S/C59H103N2O7P/c1-7-10-13-16-19-22-25-28-30-31-32-34-37-40-43-46-49-52-59(63)68-57(50-47-44-41-38-35-27-24-21-18-15-12-9-3)56(55-67-69(64,65)66-54-53-61(4,5)6)60-58(62)51-48-45-42-39-36-33-29-26-23-20-17-14-11-8-2/h11,14,19-20,22-23,28-30,32-34,40,43,47,50,56-57H,7-10,12-13,15-18,21,24-27,31,35-39,41-42,44-46,48-49,51-55H2,1-6H3,(H-,60,62,64,65)/p+1/b14-11+,22-19-,23-20+,30-28-,33-29+,34-32-,43-40-,50-47+. The van der Waals surface area contributed by atoms with E-state index in [9.17, 15) is 19.0 Å². The second-order valence-corrected chi connectivity index (χ2v) is 20.8. The first-order valence-electron chi connectivity index (χ1n) is 27.6. The normalized spacial score (nSPS) is 14.6. The van der Waals surface area contributed by atoms with Crippen molar-refractivity contribution < 1.29 is 37.3 Å². The highest BCUT2D eigenvalue weighted by atomic mass is 31.2. The quantitative estimate of drug-likeness (QED) is 0.0205. The molecule has 9 nitrogen and oxygen atoms in total. The number of likely N-dealkylation sites (N-methyl/N-ethyl adjacent to an activating group) is 1. The maximum atomic E-state index is 13.5. The largest absolute Gasteiger partial charge is 0.472 e. The molecule has 0 aliphatic rings. The second-order valence-electron chi connectivity index (χ2n) is 19.4. The number of amides is 1. The van der Waals surface area contributed by atoms with Gasteiger partial charge in [0.1, 0.15) is 19.3 Å². The number of phosphoric acid groups is 1. The van der Waals surface area contributed by atoms with E-state index in [1.54, 1.807) is 0 Å². The molecule has 3 atom stereocenters. The Balaban J connectivity index is 5.53. The van der Waals surface area contributed by atoms with Gasteiger partial charge in [-0.05, 0) is 102 Å². The molecule has 0 radical (unpaired) electrons. The van der Waals surface area contributed by atoms with Gasteiger partial charge in [-0.3, -0.25) is 18.6 Å². The van der Waals surface area contributed by atoms with Crippen LogP contribution >= 0.6 is 7.82 Å². The van der Waals surface area contributed by atoms with Gasteiger partial charge in [0.15, 0.2) is 0 Å². The predicted molar refractivity (Wildman–Crippen MR) is 295 cm³/mol. The molecule has 0 aromatic carbocycles. The van der Waals surface area contributed by atoms with Crippen molar-refractivity contribution in [1.82, 2.24) is 5.32 Å². The minimum Gasteiger partial charge on any atom is -0.456 e. The minimum absolute atomic E-state index is 0.0225. The van der Waals surface area contributed by atoms with Crippen molar-refractivity contribution in [2.45, 2.75) is 226 Å². The Morgan fingerprint density at radius 3 is 1.45 bits per heavy atom. The van der Waals surface area contributed by atoms with Crippen LogP contribution in [0.5, 0.6) is 0 Å². The first-order valence-corrected chi connectivity index (χ1v) is 29.1. The summed E-state index contributed by atoms with van der Waals surface area (Å²) >= 11 is 0. The molecule has 0 bridgehead atoms. The number of allylic oxidation sites excluding steroid dienone is 15. The van der Waals surface area contributed by atoms with Crippen LogP contribution in [0.25, 0.3) is 0 Å². The van der Waals surface area contributed by atoms with E-state index in [0.717, 1.165) is 89.9 Å². The van der Waals surface area contributed by atoms with E-state index in [2.05, 4.69) is 111 Å². The second kappa shape index (κ2) is 48.6. The van der Waals surface area contributed by atoms with Crippen LogP contribution in [-0.2, 0) is 27.9 Å². The Labute approximate surface area is 424 Å². The van der Waals surface area contributed by atoms with Crippen molar-refractivity contribution in [1.29, 1.82) is 0 Å². The number of hydrogen-bond acceptors (Lipinski definition) is 6. The van der Waals surface area contributed by atoms with Gasteiger partial charge in [0.2, 0.25) is 5.91 Å². The van der Waals surface area contributed by atoms with Gasteiger partial charge in [0.25, 0.3) is 0 Å². The van der Waals surface area contributed by atoms with Crippen molar-refractivity contribution >= 4 is 19.7 Å². The third kappa shape index (κ3) is 49.7. The van der Waals surface area contributed by atoms with E-state index in [4.69, 9.17) is 13.8 Å². The van der Waals surface area contributed by atoms with Gasteiger partial charge >= 0.3 is 13.8 Å². The molecule has 1 amide bonds. The average molecular weight is 984 g/mol. The number of ether oxygens (including phenoxy) is 1. The van der Waals surface area contributed by atoms with E-state index >= 15 is 0 Å². The number of hydrogen-bond donors (Lipinski definition) is 2. The Morgan fingerprint density at radius 1 is 0.522 bits per heavy atom. The summed E-state index contributed by atoms with van der Waals surface area (Å²) in [5, 5.41) is 3.01. The lowest BCUT2D eigenvalue weighted by molar-refractivity contribution is -0.870. The Hall–Kier alpha value is -3.07.